The summed E-state index contributed by atoms with van der Waals surface area (Å²) < 4.78 is 18.6. The Morgan fingerprint density at radius 3 is 2.58 bits per heavy atom. The van der Waals surface area contributed by atoms with Crippen LogP contribution in [0.2, 0.25) is 0 Å². The van der Waals surface area contributed by atoms with E-state index in [0.717, 1.165) is 32.7 Å². The van der Waals surface area contributed by atoms with Gasteiger partial charge in [-0.1, -0.05) is 12.1 Å². The third-order valence-corrected chi connectivity index (χ3v) is 4.42. The SMILES string of the molecule is COCCCN1CCN(C(=O)[C@@H](c2cccc(F)c2)N(C)C)CC1. The highest BCUT2D eigenvalue weighted by Gasteiger charge is 2.30. The van der Waals surface area contributed by atoms with Crippen LogP contribution < -0.4 is 0 Å². The van der Waals surface area contributed by atoms with Crippen molar-refractivity contribution in [2.75, 3.05) is 60.5 Å². The van der Waals surface area contributed by atoms with Crippen LogP contribution >= 0.6 is 0 Å². The number of methoxy groups -OCH3 is 1. The van der Waals surface area contributed by atoms with E-state index in [-0.39, 0.29) is 11.7 Å². The van der Waals surface area contributed by atoms with Gasteiger partial charge >= 0.3 is 0 Å². The third-order valence-electron chi connectivity index (χ3n) is 4.42. The second kappa shape index (κ2) is 9.11. The number of piperazine rings is 1. The zero-order valence-corrected chi connectivity index (χ0v) is 14.9. The average Bonchev–Trinajstić information content (AvgIpc) is 2.55. The fraction of sp³-hybridized carbons (Fsp3) is 0.611. The summed E-state index contributed by atoms with van der Waals surface area (Å²) in [5, 5.41) is 0. The van der Waals surface area contributed by atoms with E-state index in [9.17, 15) is 9.18 Å². The highest BCUT2D eigenvalue weighted by molar-refractivity contribution is 5.83. The number of amides is 1. The Kier molecular flexibility index (Phi) is 7.15. The van der Waals surface area contributed by atoms with Gasteiger partial charge in [-0.2, -0.15) is 0 Å². The number of hydrogen-bond donors (Lipinski definition) is 0. The zero-order chi connectivity index (χ0) is 17.5. The van der Waals surface area contributed by atoms with Crippen LogP contribution in [-0.4, -0.2) is 81.1 Å². The lowest BCUT2D eigenvalue weighted by atomic mass is 10.0. The Bertz CT molecular complexity index is 531. The first-order chi connectivity index (χ1) is 11.5. The molecule has 1 heterocycles. The molecule has 0 saturated carbocycles. The van der Waals surface area contributed by atoms with Crippen LogP contribution in [0.25, 0.3) is 0 Å². The van der Waals surface area contributed by atoms with Crippen LogP contribution in [0.5, 0.6) is 0 Å². The van der Waals surface area contributed by atoms with E-state index in [0.29, 0.717) is 18.7 Å². The zero-order valence-electron chi connectivity index (χ0n) is 14.9. The summed E-state index contributed by atoms with van der Waals surface area (Å²) >= 11 is 0. The number of benzene rings is 1. The molecule has 1 saturated heterocycles. The molecule has 6 heteroatoms. The molecule has 2 rings (SSSR count). The monoisotopic (exact) mass is 337 g/mol. The van der Waals surface area contributed by atoms with E-state index in [1.54, 1.807) is 13.2 Å². The van der Waals surface area contributed by atoms with Crippen molar-refractivity contribution in [1.29, 1.82) is 0 Å². The lowest BCUT2D eigenvalue weighted by molar-refractivity contribution is -0.138. The summed E-state index contributed by atoms with van der Waals surface area (Å²) in [4.78, 5) is 19.0. The molecule has 1 aromatic carbocycles. The Balaban J connectivity index is 1.97. The van der Waals surface area contributed by atoms with E-state index in [1.807, 2.05) is 30.0 Å². The van der Waals surface area contributed by atoms with Crippen LogP contribution in [0, 0.1) is 5.82 Å². The molecule has 0 unspecified atom stereocenters. The van der Waals surface area contributed by atoms with Gasteiger partial charge in [0.1, 0.15) is 11.9 Å². The number of likely N-dealkylation sites (N-methyl/N-ethyl adjacent to an activating group) is 1. The van der Waals surface area contributed by atoms with E-state index in [4.69, 9.17) is 4.74 Å². The topological polar surface area (TPSA) is 36.0 Å². The standard InChI is InChI=1S/C18H28FN3O2/c1-20(2)17(15-6-4-7-16(19)14-15)18(23)22-11-9-21(10-12-22)8-5-13-24-3/h4,6-7,14,17H,5,8-13H2,1-3H3/t17-/m1/s1. The second-order valence-corrected chi connectivity index (χ2v) is 6.43. The minimum Gasteiger partial charge on any atom is -0.385 e. The Morgan fingerprint density at radius 2 is 2.00 bits per heavy atom. The van der Waals surface area contributed by atoms with Crippen LogP contribution in [0.3, 0.4) is 0 Å². The molecule has 1 amide bonds. The maximum atomic E-state index is 13.5. The van der Waals surface area contributed by atoms with E-state index >= 15 is 0 Å². The normalized spacial score (nSPS) is 17.3. The minimum absolute atomic E-state index is 0.0436. The van der Waals surface area contributed by atoms with Crippen molar-refractivity contribution < 1.29 is 13.9 Å². The Morgan fingerprint density at radius 1 is 1.29 bits per heavy atom. The first-order valence-electron chi connectivity index (χ1n) is 8.45. The molecule has 1 aliphatic rings. The Hall–Kier alpha value is -1.50. The molecule has 24 heavy (non-hydrogen) atoms. The van der Waals surface area contributed by atoms with Crippen molar-refractivity contribution in [3.8, 4) is 0 Å². The van der Waals surface area contributed by atoms with Gasteiger partial charge in [0.2, 0.25) is 5.91 Å². The minimum atomic E-state index is -0.444. The first-order valence-corrected chi connectivity index (χ1v) is 8.45. The van der Waals surface area contributed by atoms with E-state index < -0.39 is 6.04 Å². The summed E-state index contributed by atoms with van der Waals surface area (Å²) in [6, 6.07) is 5.87. The maximum Gasteiger partial charge on any atom is 0.244 e. The van der Waals surface area contributed by atoms with Crippen LogP contribution in [0.4, 0.5) is 4.39 Å². The summed E-state index contributed by atoms with van der Waals surface area (Å²) in [5.74, 6) is -0.266. The van der Waals surface area contributed by atoms with E-state index in [2.05, 4.69) is 4.90 Å². The molecule has 1 aliphatic heterocycles. The lowest BCUT2D eigenvalue weighted by Crippen LogP contribution is -2.51. The van der Waals surface area contributed by atoms with Gasteiger partial charge in [-0.05, 0) is 38.2 Å². The maximum absolute atomic E-state index is 13.5. The molecule has 0 spiro atoms. The van der Waals surface area contributed by atoms with Crippen LogP contribution in [0.15, 0.2) is 24.3 Å². The van der Waals surface area contributed by atoms with Gasteiger partial charge in [-0.15, -0.1) is 0 Å². The molecule has 0 N–H and O–H groups in total. The van der Waals surface area contributed by atoms with Gasteiger partial charge in [0, 0.05) is 46.4 Å². The number of rotatable bonds is 7. The van der Waals surface area contributed by atoms with E-state index in [1.165, 1.54) is 12.1 Å². The quantitative estimate of drug-likeness (QED) is 0.708. The van der Waals surface area contributed by atoms with Crippen LogP contribution in [0.1, 0.15) is 18.0 Å². The van der Waals surface area contributed by atoms with Gasteiger partial charge in [0.15, 0.2) is 0 Å². The molecule has 134 valence electrons. The first kappa shape index (κ1) is 18.8. The molecule has 0 radical (unpaired) electrons. The molecule has 0 aliphatic carbocycles. The molecule has 1 aromatic rings. The van der Waals surface area contributed by atoms with Gasteiger partial charge < -0.3 is 9.64 Å². The van der Waals surface area contributed by atoms with Crippen molar-refractivity contribution in [2.45, 2.75) is 12.5 Å². The predicted octanol–water partition coefficient (Wildman–Crippen LogP) is 1.61. The molecular formula is C18H28FN3O2. The molecular weight excluding hydrogens is 309 g/mol. The van der Waals surface area contributed by atoms with Gasteiger partial charge in [0.05, 0.1) is 0 Å². The molecule has 0 aromatic heterocycles. The second-order valence-electron chi connectivity index (χ2n) is 6.43. The molecule has 1 fully saturated rings. The van der Waals surface area contributed by atoms with Crippen molar-refractivity contribution in [3.63, 3.8) is 0 Å². The number of ether oxygens (including phenoxy) is 1. The third kappa shape index (κ3) is 5.00. The average molecular weight is 337 g/mol. The highest BCUT2D eigenvalue weighted by Crippen LogP contribution is 2.22. The van der Waals surface area contributed by atoms with Crippen LogP contribution in [-0.2, 0) is 9.53 Å². The van der Waals surface area contributed by atoms with Crippen molar-refractivity contribution >= 4 is 5.91 Å². The smallest absolute Gasteiger partial charge is 0.244 e. The largest absolute Gasteiger partial charge is 0.385 e. The molecule has 0 bridgehead atoms. The van der Waals surface area contributed by atoms with Crippen molar-refractivity contribution in [1.82, 2.24) is 14.7 Å². The number of nitrogens with zero attached hydrogens (tertiary/aromatic N) is 3. The van der Waals surface area contributed by atoms with Crippen molar-refractivity contribution in [3.05, 3.63) is 35.6 Å². The highest BCUT2D eigenvalue weighted by atomic mass is 19.1. The van der Waals surface area contributed by atoms with Gasteiger partial charge in [0.25, 0.3) is 0 Å². The van der Waals surface area contributed by atoms with Gasteiger partial charge in [-0.3, -0.25) is 14.6 Å². The summed E-state index contributed by atoms with van der Waals surface area (Å²) in [5.41, 5.74) is 0.701. The number of halogens is 1. The molecule has 1 atom stereocenters. The summed E-state index contributed by atoms with van der Waals surface area (Å²) in [6.07, 6.45) is 1.01. The van der Waals surface area contributed by atoms with Gasteiger partial charge in [-0.25, -0.2) is 4.39 Å². The number of hydrogen-bond acceptors (Lipinski definition) is 4. The predicted molar refractivity (Wildman–Crippen MR) is 92.3 cm³/mol. The summed E-state index contributed by atoms with van der Waals surface area (Å²) in [7, 11) is 5.42. The lowest BCUT2D eigenvalue weighted by Gasteiger charge is -2.37. The van der Waals surface area contributed by atoms with Crippen molar-refractivity contribution in [2.24, 2.45) is 0 Å². The fourth-order valence-electron chi connectivity index (χ4n) is 3.14. The number of carbonyl (C=O) groups is 1. The molecule has 5 nitrogen and oxygen atoms in total. The number of carbonyl (C=O) groups excluding carboxylic acids is 1. The summed E-state index contributed by atoms with van der Waals surface area (Å²) in [6.45, 7) is 4.94. The Labute approximate surface area is 144 Å². The fourth-order valence-corrected chi connectivity index (χ4v) is 3.14.